The second-order valence-electron chi connectivity index (χ2n) is 6.07. The van der Waals surface area contributed by atoms with Crippen LogP contribution in [0.4, 0.5) is 0 Å². The molecule has 0 spiro atoms. The first kappa shape index (κ1) is 20.5. The van der Waals surface area contributed by atoms with E-state index in [0.29, 0.717) is 27.8 Å². The average molecular weight is 416 g/mol. The lowest BCUT2D eigenvalue weighted by atomic mass is 10.2. The largest absolute Gasteiger partial charge is 0.497 e. The van der Waals surface area contributed by atoms with Gasteiger partial charge in [0.15, 0.2) is 12.4 Å². The Morgan fingerprint density at radius 1 is 1.10 bits per heavy atom. The van der Waals surface area contributed by atoms with Gasteiger partial charge in [-0.2, -0.15) is 4.98 Å². The number of hydrogen-bond acceptors (Lipinski definition) is 9. The number of aryl methyl sites for hydroxylation is 1. The van der Waals surface area contributed by atoms with Crippen molar-refractivity contribution >= 4 is 23.1 Å². The molecular weight excluding hydrogens is 396 g/mol. The van der Waals surface area contributed by atoms with Crippen LogP contribution < -0.4 is 9.47 Å². The minimum atomic E-state index is -0.506. The summed E-state index contributed by atoms with van der Waals surface area (Å²) in [5.41, 5.74) is 0.617. The highest BCUT2D eigenvalue weighted by Crippen LogP contribution is 2.31. The molecular formula is C20H20N2O6S. The predicted molar refractivity (Wildman–Crippen MR) is 105 cm³/mol. The molecule has 2 aromatic heterocycles. The van der Waals surface area contributed by atoms with Crippen molar-refractivity contribution in [3.63, 3.8) is 0 Å². The van der Waals surface area contributed by atoms with Crippen LogP contribution in [-0.4, -0.2) is 36.1 Å². The number of methoxy groups -OCH3 is 2. The first-order valence-corrected chi connectivity index (χ1v) is 9.62. The zero-order valence-corrected chi connectivity index (χ0v) is 17.1. The number of esters is 1. The summed E-state index contributed by atoms with van der Waals surface area (Å²) in [6.45, 7) is 1.76. The highest BCUT2D eigenvalue weighted by molar-refractivity contribution is 7.14. The number of ether oxygens (including phenoxy) is 3. The average Bonchev–Trinajstić information content (AvgIpc) is 3.39. The van der Waals surface area contributed by atoms with Crippen molar-refractivity contribution in [1.29, 1.82) is 0 Å². The summed E-state index contributed by atoms with van der Waals surface area (Å²) in [6, 6.07) is 8.84. The molecule has 3 rings (SSSR count). The number of hydrogen-bond donors (Lipinski definition) is 0. The minimum Gasteiger partial charge on any atom is -0.497 e. The fourth-order valence-corrected chi connectivity index (χ4v) is 3.38. The lowest BCUT2D eigenvalue weighted by molar-refractivity contribution is -0.145. The van der Waals surface area contributed by atoms with Crippen LogP contribution in [0.15, 0.2) is 34.9 Å². The molecule has 0 atom stereocenters. The summed E-state index contributed by atoms with van der Waals surface area (Å²) >= 11 is 1.41. The van der Waals surface area contributed by atoms with Gasteiger partial charge < -0.3 is 18.7 Å². The van der Waals surface area contributed by atoms with Crippen molar-refractivity contribution in [2.45, 2.75) is 26.4 Å². The smallest absolute Gasteiger partial charge is 0.306 e. The molecule has 0 radical (unpaired) electrons. The Hall–Kier alpha value is -3.20. The third-order valence-corrected chi connectivity index (χ3v) is 5.09. The molecule has 8 nitrogen and oxygen atoms in total. The van der Waals surface area contributed by atoms with E-state index in [0.717, 1.165) is 4.88 Å². The van der Waals surface area contributed by atoms with Crippen LogP contribution in [0.2, 0.25) is 0 Å². The molecule has 9 heteroatoms. The number of carbonyl (C=O) groups excluding carboxylic acids is 2. The van der Waals surface area contributed by atoms with Crippen LogP contribution in [0.1, 0.15) is 33.3 Å². The predicted octanol–water partition coefficient (Wildman–Crippen LogP) is 3.83. The molecule has 0 aliphatic heterocycles. The maximum Gasteiger partial charge on any atom is 0.306 e. The van der Waals surface area contributed by atoms with Crippen LogP contribution in [0.5, 0.6) is 11.5 Å². The van der Waals surface area contributed by atoms with Gasteiger partial charge in [-0.05, 0) is 31.2 Å². The van der Waals surface area contributed by atoms with Gasteiger partial charge in [-0.3, -0.25) is 9.59 Å². The Bertz CT molecular complexity index is 1010. The van der Waals surface area contributed by atoms with Crippen molar-refractivity contribution in [3.8, 4) is 22.9 Å². The molecule has 152 valence electrons. The fraction of sp³-hybridized carbons (Fsp3) is 0.300. The van der Waals surface area contributed by atoms with Gasteiger partial charge in [0.2, 0.25) is 5.82 Å². The van der Waals surface area contributed by atoms with Crippen LogP contribution in [0, 0.1) is 6.92 Å². The van der Waals surface area contributed by atoms with Crippen molar-refractivity contribution in [2.75, 3.05) is 14.2 Å². The van der Waals surface area contributed by atoms with E-state index in [4.69, 9.17) is 18.7 Å². The van der Waals surface area contributed by atoms with Crippen molar-refractivity contribution < 1.29 is 28.3 Å². The van der Waals surface area contributed by atoms with Gasteiger partial charge in [0.05, 0.1) is 31.1 Å². The highest BCUT2D eigenvalue weighted by Gasteiger charge is 2.16. The summed E-state index contributed by atoms with van der Waals surface area (Å²) in [7, 11) is 3.09. The van der Waals surface area contributed by atoms with E-state index >= 15 is 0 Å². The molecule has 1 aromatic carbocycles. The second kappa shape index (κ2) is 9.33. The van der Waals surface area contributed by atoms with E-state index in [2.05, 4.69) is 10.1 Å². The molecule has 2 heterocycles. The SMILES string of the molecule is COc1ccc(-c2noc(COC(=O)CCC(=O)c3ccc(C)s3)n2)c(OC)c1. The number of thiophene rings is 1. The Labute approximate surface area is 171 Å². The highest BCUT2D eigenvalue weighted by atomic mass is 32.1. The lowest BCUT2D eigenvalue weighted by Crippen LogP contribution is -2.07. The summed E-state index contributed by atoms with van der Waals surface area (Å²) in [4.78, 5) is 29.9. The van der Waals surface area contributed by atoms with Gasteiger partial charge in [0.1, 0.15) is 11.5 Å². The molecule has 0 bridgehead atoms. The van der Waals surface area contributed by atoms with E-state index in [1.807, 2.05) is 13.0 Å². The summed E-state index contributed by atoms with van der Waals surface area (Å²) in [5, 5.41) is 3.89. The van der Waals surface area contributed by atoms with Crippen LogP contribution in [0.25, 0.3) is 11.4 Å². The van der Waals surface area contributed by atoms with E-state index < -0.39 is 5.97 Å². The van der Waals surface area contributed by atoms with Crippen LogP contribution >= 0.6 is 11.3 Å². The van der Waals surface area contributed by atoms with E-state index in [-0.39, 0.29) is 31.1 Å². The van der Waals surface area contributed by atoms with Gasteiger partial charge in [-0.1, -0.05) is 5.16 Å². The Kier molecular flexibility index (Phi) is 6.61. The molecule has 0 aliphatic rings. The number of Topliss-reactive ketones (excluding diaryl/α,β-unsaturated/α-hetero) is 1. The third-order valence-electron chi connectivity index (χ3n) is 4.05. The number of benzene rings is 1. The number of rotatable bonds is 9. The Morgan fingerprint density at radius 2 is 1.93 bits per heavy atom. The number of nitrogens with zero attached hydrogens (tertiary/aromatic N) is 2. The molecule has 0 saturated heterocycles. The van der Waals surface area contributed by atoms with Gasteiger partial charge in [-0.15, -0.1) is 11.3 Å². The fourth-order valence-electron chi connectivity index (χ4n) is 2.54. The van der Waals surface area contributed by atoms with Gasteiger partial charge in [-0.25, -0.2) is 0 Å². The molecule has 0 N–H and O–H groups in total. The normalized spacial score (nSPS) is 10.6. The molecule has 0 saturated carbocycles. The topological polar surface area (TPSA) is 101 Å². The minimum absolute atomic E-state index is 0.0108. The van der Waals surface area contributed by atoms with Crippen molar-refractivity contribution in [2.24, 2.45) is 0 Å². The zero-order chi connectivity index (χ0) is 20.8. The Balaban J connectivity index is 1.54. The third kappa shape index (κ3) is 5.20. The summed E-state index contributed by atoms with van der Waals surface area (Å²) in [5.74, 6) is 1.02. The van der Waals surface area contributed by atoms with E-state index in [9.17, 15) is 9.59 Å². The lowest BCUT2D eigenvalue weighted by Gasteiger charge is -2.07. The monoisotopic (exact) mass is 416 g/mol. The van der Waals surface area contributed by atoms with Crippen molar-refractivity contribution in [1.82, 2.24) is 10.1 Å². The van der Waals surface area contributed by atoms with Crippen LogP contribution in [0.3, 0.4) is 0 Å². The molecule has 0 unspecified atom stereocenters. The molecule has 29 heavy (non-hydrogen) atoms. The zero-order valence-electron chi connectivity index (χ0n) is 16.3. The first-order chi connectivity index (χ1) is 14.0. The number of carbonyl (C=O) groups is 2. The summed E-state index contributed by atoms with van der Waals surface area (Å²) < 4.78 is 20.7. The maximum absolute atomic E-state index is 12.0. The van der Waals surface area contributed by atoms with Gasteiger partial charge >= 0.3 is 5.97 Å². The quantitative estimate of drug-likeness (QED) is 0.383. The standard InChI is InChI=1S/C20H20N2O6S/c1-12-4-8-17(29-12)15(23)7-9-19(24)27-11-18-21-20(22-28-18)14-6-5-13(25-2)10-16(14)26-3/h4-6,8,10H,7,9,11H2,1-3H3. The maximum atomic E-state index is 12.0. The van der Waals surface area contributed by atoms with E-state index in [1.54, 1.807) is 31.4 Å². The number of ketones is 1. The second-order valence-corrected chi connectivity index (χ2v) is 7.36. The van der Waals surface area contributed by atoms with Crippen molar-refractivity contribution in [3.05, 3.63) is 46.0 Å². The number of aromatic nitrogens is 2. The van der Waals surface area contributed by atoms with E-state index in [1.165, 1.54) is 18.4 Å². The first-order valence-electron chi connectivity index (χ1n) is 8.80. The van der Waals surface area contributed by atoms with Gasteiger partial charge in [0, 0.05) is 17.4 Å². The summed E-state index contributed by atoms with van der Waals surface area (Å²) in [6.07, 6.45) is 0.0833. The molecule has 0 amide bonds. The molecule has 0 fully saturated rings. The van der Waals surface area contributed by atoms with Crippen LogP contribution in [-0.2, 0) is 16.1 Å². The molecule has 3 aromatic rings. The Morgan fingerprint density at radius 3 is 2.62 bits per heavy atom. The van der Waals surface area contributed by atoms with Gasteiger partial charge in [0.25, 0.3) is 5.89 Å². The molecule has 0 aliphatic carbocycles.